The lowest BCUT2D eigenvalue weighted by Crippen LogP contribution is -2.27. The standard InChI is InChI=1S/C12H11F3N4O2/c13-12(14,15)8-3-1-2-7(10(8)16)11(20)17-5-4-9-18-6-21-19-9/h1-3,6H,4-5,16H2,(H,17,20). The molecule has 0 fully saturated rings. The number of hydrogen-bond donors (Lipinski definition) is 2. The number of benzene rings is 1. The van der Waals surface area contributed by atoms with Gasteiger partial charge in [-0.15, -0.1) is 0 Å². The molecule has 9 heteroatoms. The van der Waals surface area contributed by atoms with E-state index < -0.39 is 23.3 Å². The maximum Gasteiger partial charge on any atom is 0.418 e. The van der Waals surface area contributed by atoms with E-state index in [-0.39, 0.29) is 12.1 Å². The summed E-state index contributed by atoms with van der Waals surface area (Å²) in [6, 6.07) is 3.19. The molecule has 1 aromatic carbocycles. The van der Waals surface area contributed by atoms with Crippen LogP contribution in [0.25, 0.3) is 0 Å². The number of nitrogens with zero attached hydrogens (tertiary/aromatic N) is 2. The van der Waals surface area contributed by atoms with Crippen molar-refractivity contribution in [2.24, 2.45) is 0 Å². The zero-order valence-corrected chi connectivity index (χ0v) is 10.6. The Balaban J connectivity index is 2.05. The topological polar surface area (TPSA) is 94.0 Å². The van der Waals surface area contributed by atoms with Crippen molar-refractivity contribution in [3.63, 3.8) is 0 Å². The summed E-state index contributed by atoms with van der Waals surface area (Å²) in [5, 5.41) is 5.99. The third-order valence-corrected chi connectivity index (χ3v) is 2.70. The molecule has 2 rings (SSSR count). The van der Waals surface area contributed by atoms with E-state index in [1.807, 2.05) is 0 Å². The highest BCUT2D eigenvalue weighted by atomic mass is 19.4. The first-order valence-electron chi connectivity index (χ1n) is 5.88. The second-order valence-corrected chi connectivity index (χ2v) is 4.12. The first kappa shape index (κ1) is 14.8. The zero-order valence-electron chi connectivity index (χ0n) is 10.6. The molecule has 112 valence electrons. The highest BCUT2D eigenvalue weighted by Crippen LogP contribution is 2.34. The molecule has 1 heterocycles. The smallest absolute Gasteiger partial charge is 0.398 e. The fourth-order valence-corrected chi connectivity index (χ4v) is 1.70. The molecule has 0 saturated heterocycles. The van der Waals surface area contributed by atoms with Gasteiger partial charge in [-0.25, -0.2) is 0 Å². The van der Waals surface area contributed by atoms with Gasteiger partial charge in [0.1, 0.15) is 0 Å². The predicted molar refractivity (Wildman–Crippen MR) is 66.2 cm³/mol. The maximum absolute atomic E-state index is 12.7. The average molecular weight is 300 g/mol. The Morgan fingerprint density at radius 1 is 1.38 bits per heavy atom. The summed E-state index contributed by atoms with van der Waals surface area (Å²) < 4.78 is 42.6. The van der Waals surface area contributed by atoms with Crippen LogP contribution in [-0.4, -0.2) is 22.6 Å². The van der Waals surface area contributed by atoms with Crippen LogP contribution >= 0.6 is 0 Å². The molecule has 0 unspecified atom stereocenters. The minimum atomic E-state index is -4.61. The molecule has 0 radical (unpaired) electrons. The molecule has 1 amide bonds. The van der Waals surface area contributed by atoms with Crippen LogP contribution in [-0.2, 0) is 12.6 Å². The minimum Gasteiger partial charge on any atom is -0.398 e. The summed E-state index contributed by atoms with van der Waals surface area (Å²) in [5.41, 5.74) is 3.56. The molecule has 1 aromatic heterocycles. The van der Waals surface area contributed by atoms with E-state index >= 15 is 0 Å². The first-order chi connectivity index (χ1) is 9.89. The molecule has 2 aromatic rings. The molecule has 0 spiro atoms. The molecule has 0 aliphatic heterocycles. The summed E-state index contributed by atoms with van der Waals surface area (Å²) in [6.07, 6.45) is -3.17. The Morgan fingerprint density at radius 2 is 2.14 bits per heavy atom. The van der Waals surface area contributed by atoms with Crippen LogP contribution in [0.15, 0.2) is 29.1 Å². The number of rotatable bonds is 4. The predicted octanol–water partition coefficient (Wildman–Crippen LogP) is 1.64. The van der Waals surface area contributed by atoms with Gasteiger partial charge in [0, 0.05) is 13.0 Å². The highest BCUT2D eigenvalue weighted by molar-refractivity contribution is 5.99. The van der Waals surface area contributed by atoms with E-state index in [9.17, 15) is 18.0 Å². The Kier molecular flexibility index (Phi) is 4.10. The van der Waals surface area contributed by atoms with Crippen LogP contribution in [0.3, 0.4) is 0 Å². The molecule has 0 aliphatic rings. The van der Waals surface area contributed by atoms with Gasteiger partial charge in [0.25, 0.3) is 5.91 Å². The van der Waals surface area contributed by atoms with Crippen molar-refractivity contribution in [1.29, 1.82) is 0 Å². The lowest BCUT2D eigenvalue weighted by Gasteiger charge is -2.13. The number of alkyl halides is 3. The van der Waals surface area contributed by atoms with Crippen LogP contribution in [0.4, 0.5) is 18.9 Å². The zero-order chi connectivity index (χ0) is 15.5. The molecule has 0 bridgehead atoms. The number of nitrogen functional groups attached to an aromatic ring is 1. The Labute approximate surface area is 117 Å². The molecule has 6 nitrogen and oxygen atoms in total. The molecule has 0 atom stereocenters. The van der Waals surface area contributed by atoms with E-state index in [0.29, 0.717) is 12.2 Å². The van der Waals surface area contributed by atoms with E-state index in [1.54, 1.807) is 0 Å². The van der Waals surface area contributed by atoms with Crippen LogP contribution in [0.2, 0.25) is 0 Å². The molecule has 0 saturated carbocycles. The van der Waals surface area contributed by atoms with E-state index in [2.05, 4.69) is 20.0 Å². The number of aromatic nitrogens is 2. The third kappa shape index (κ3) is 3.50. The summed E-state index contributed by atoms with van der Waals surface area (Å²) >= 11 is 0. The largest absolute Gasteiger partial charge is 0.418 e. The maximum atomic E-state index is 12.7. The quantitative estimate of drug-likeness (QED) is 0.837. The fraction of sp³-hybridized carbons (Fsp3) is 0.250. The SMILES string of the molecule is Nc1c(C(=O)NCCc2ncon2)cccc1C(F)(F)F. The van der Waals surface area contributed by atoms with Gasteiger partial charge >= 0.3 is 6.18 Å². The van der Waals surface area contributed by atoms with Gasteiger partial charge in [0.15, 0.2) is 5.82 Å². The van der Waals surface area contributed by atoms with Crippen molar-refractivity contribution in [3.05, 3.63) is 41.5 Å². The second kappa shape index (κ2) is 5.81. The number of hydrogen-bond acceptors (Lipinski definition) is 5. The molecule has 0 aliphatic carbocycles. The van der Waals surface area contributed by atoms with E-state index in [4.69, 9.17) is 5.73 Å². The van der Waals surface area contributed by atoms with Crippen LogP contribution in [0.1, 0.15) is 21.7 Å². The number of carbonyl (C=O) groups excluding carboxylic acids is 1. The summed E-state index contributed by atoms with van der Waals surface area (Å²) in [4.78, 5) is 15.6. The number of anilines is 1. The van der Waals surface area contributed by atoms with Crippen molar-refractivity contribution in [2.45, 2.75) is 12.6 Å². The van der Waals surface area contributed by atoms with Gasteiger partial charge in [-0.3, -0.25) is 4.79 Å². The molecule has 3 N–H and O–H groups in total. The van der Waals surface area contributed by atoms with Crippen LogP contribution in [0.5, 0.6) is 0 Å². The highest BCUT2D eigenvalue weighted by Gasteiger charge is 2.34. The average Bonchev–Trinajstić information content (AvgIpc) is 2.90. The van der Waals surface area contributed by atoms with Crippen LogP contribution < -0.4 is 11.1 Å². The summed E-state index contributed by atoms with van der Waals surface area (Å²) in [7, 11) is 0. The lowest BCUT2D eigenvalue weighted by atomic mass is 10.1. The number of nitrogens with one attached hydrogen (secondary N) is 1. The van der Waals surface area contributed by atoms with Gasteiger partial charge in [-0.2, -0.15) is 18.2 Å². The van der Waals surface area contributed by atoms with Crippen molar-refractivity contribution < 1.29 is 22.5 Å². The number of carbonyl (C=O) groups is 1. The second-order valence-electron chi connectivity index (χ2n) is 4.12. The Morgan fingerprint density at radius 3 is 2.76 bits per heavy atom. The normalized spacial score (nSPS) is 11.4. The Bertz CT molecular complexity index is 626. The monoisotopic (exact) mass is 300 g/mol. The summed E-state index contributed by atoms with van der Waals surface area (Å²) in [6.45, 7) is 0.147. The number of halogens is 3. The molecule has 21 heavy (non-hydrogen) atoms. The minimum absolute atomic E-state index is 0.147. The molecular weight excluding hydrogens is 289 g/mol. The van der Waals surface area contributed by atoms with Crippen LogP contribution in [0, 0.1) is 0 Å². The lowest BCUT2D eigenvalue weighted by molar-refractivity contribution is -0.136. The van der Waals surface area contributed by atoms with Gasteiger partial charge < -0.3 is 15.6 Å². The summed E-state index contributed by atoms with van der Waals surface area (Å²) in [5.74, 6) is -0.311. The van der Waals surface area contributed by atoms with Gasteiger partial charge in [-0.1, -0.05) is 11.2 Å². The number of para-hydroxylation sites is 1. The van der Waals surface area contributed by atoms with Gasteiger partial charge in [-0.05, 0) is 12.1 Å². The van der Waals surface area contributed by atoms with Crippen molar-refractivity contribution in [1.82, 2.24) is 15.5 Å². The number of nitrogens with two attached hydrogens (primary N) is 1. The van der Waals surface area contributed by atoms with Crippen molar-refractivity contribution >= 4 is 11.6 Å². The van der Waals surface area contributed by atoms with Crippen molar-refractivity contribution in [2.75, 3.05) is 12.3 Å². The molecular formula is C12H11F3N4O2. The van der Waals surface area contributed by atoms with E-state index in [1.165, 1.54) is 6.07 Å². The number of amides is 1. The van der Waals surface area contributed by atoms with Gasteiger partial charge in [0.2, 0.25) is 6.39 Å². The first-order valence-corrected chi connectivity index (χ1v) is 5.88. The third-order valence-electron chi connectivity index (χ3n) is 2.70. The van der Waals surface area contributed by atoms with Crippen molar-refractivity contribution in [3.8, 4) is 0 Å². The van der Waals surface area contributed by atoms with Gasteiger partial charge in [0.05, 0.1) is 16.8 Å². The fourth-order valence-electron chi connectivity index (χ4n) is 1.70. The Hall–Kier alpha value is -2.58. The van der Waals surface area contributed by atoms with E-state index in [0.717, 1.165) is 18.5 Å².